The zero-order chi connectivity index (χ0) is 18.9. The van der Waals surface area contributed by atoms with Crippen LogP contribution in [0.2, 0.25) is 0 Å². The first-order chi connectivity index (χ1) is 11.7. The second-order valence-corrected chi connectivity index (χ2v) is 8.08. The Kier molecular flexibility index (Phi) is 8.93. The maximum atomic E-state index is 11.7. The minimum atomic E-state index is -0.480. The van der Waals surface area contributed by atoms with Crippen molar-refractivity contribution in [3.63, 3.8) is 0 Å². The molecule has 0 bridgehead atoms. The molecule has 0 spiro atoms. The minimum absolute atomic E-state index is 0.419. The first kappa shape index (κ1) is 21.5. The molecule has 5 nitrogen and oxygen atoms in total. The summed E-state index contributed by atoms with van der Waals surface area (Å²) in [4.78, 5) is 14.1. The van der Waals surface area contributed by atoms with Crippen molar-refractivity contribution in [1.82, 2.24) is 10.2 Å². The van der Waals surface area contributed by atoms with Crippen LogP contribution in [0.5, 0.6) is 0 Å². The number of piperazine rings is 1. The SMILES string of the molecule is CC(C)(C)OC(=O)Nc1ccc(CN2CCNCC2)cc1.CC(C)C. The van der Waals surface area contributed by atoms with E-state index in [0.29, 0.717) is 0 Å². The fourth-order valence-corrected chi connectivity index (χ4v) is 2.24. The molecule has 0 atom stereocenters. The third kappa shape index (κ3) is 10.8. The summed E-state index contributed by atoms with van der Waals surface area (Å²) in [5.41, 5.74) is 1.53. The molecular weight excluding hydrogens is 314 g/mol. The van der Waals surface area contributed by atoms with Gasteiger partial charge in [0.2, 0.25) is 0 Å². The van der Waals surface area contributed by atoms with Crippen molar-refractivity contribution in [2.24, 2.45) is 5.92 Å². The zero-order valence-electron chi connectivity index (χ0n) is 16.7. The van der Waals surface area contributed by atoms with Crippen LogP contribution in [0.1, 0.15) is 47.1 Å². The molecule has 1 aromatic rings. The topological polar surface area (TPSA) is 53.6 Å². The van der Waals surface area contributed by atoms with Gasteiger partial charge >= 0.3 is 6.09 Å². The lowest BCUT2D eigenvalue weighted by Gasteiger charge is -2.27. The van der Waals surface area contributed by atoms with E-state index in [1.807, 2.05) is 32.9 Å². The zero-order valence-corrected chi connectivity index (χ0v) is 16.7. The monoisotopic (exact) mass is 349 g/mol. The van der Waals surface area contributed by atoms with Gasteiger partial charge in [0.1, 0.15) is 5.60 Å². The van der Waals surface area contributed by atoms with Crippen LogP contribution >= 0.6 is 0 Å². The van der Waals surface area contributed by atoms with Crippen LogP contribution in [0.3, 0.4) is 0 Å². The summed E-state index contributed by atoms with van der Waals surface area (Å²) >= 11 is 0. The number of anilines is 1. The molecule has 1 amide bonds. The molecule has 0 radical (unpaired) electrons. The molecule has 5 heteroatoms. The average molecular weight is 350 g/mol. The maximum Gasteiger partial charge on any atom is 0.412 e. The molecule has 1 fully saturated rings. The number of rotatable bonds is 3. The summed E-state index contributed by atoms with van der Waals surface area (Å²) in [5.74, 6) is 0.833. The van der Waals surface area contributed by atoms with Crippen LogP contribution in [0.15, 0.2) is 24.3 Å². The lowest BCUT2D eigenvalue weighted by molar-refractivity contribution is 0.0636. The van der Waals surface area contributed by atoms with E-state index < -0.39 is 11.7 Å². The second kappa shape index (κ2) is 10.4. The number of hydrogen-bond donors (Lipinski definition) is 2. The molecule has 142 valence electrons. The van der Waals surface area contributed by atoms with Crippen LogP contribution in [0, 0.1) is 5.92 Å². The summed E-state index contributed by atoms with van der Waals surface area (Å²) < 4.78 is 5.23. The van der Waals surface area contributed by atoms with Gasteiger partial charge in [-0.25, -0.2) is 4.79 Å². The summed E-state index contributed by atoms with van der Waals surface area (Å²) in [6.45, 7) is 17.3. The van der Waals surface area contributed by atoms with E-state index in [2.05, 4.69) is 48.4 Å². The van der Waals surface area contributed by atoms with Gasteiger partial charge in [0.05, 0.1) is 0 Å². The Hall–Kier alpha value is -1.59. The van der Waals surface area contributed by atoms with E-state index in [1.54, 1.807) is 0 Å². The summed E-state index contributed by atoms with van der Waals surface area (Å²) in [6, 6.07) is 7.94. The van der Waals surface area contributed by atoms with Gasteiger partial charge in [-0.15, -0.1) is 0 Å². The first-order valence-corrected chi connectivity index (χ1v) is 9.18. The summed E-state index contributed by atoms with van der Waals surface area (Å²) in [7, 11) is 0. The Balaban J connectivity index is 0.000000705. The van der Waals surface area contributed by atoms with Gasteiger partial charge in [0.25, 0.3) is 0 Å². The van der Waals surface area contributed by atoms with Crippen molar-refractivity contribution in [3.8, 4) is 0 Å². The van der Waals surface area contributed by atoms with Gasteiger partial charge < -0.3 is 10.1 Å². The van der Waals surface area contributed by atoms with Crippen molar-refractivity contribution < 1.29 is 9.53 Å². The van der Waals surface area contributed by atoms with Gasteiger partial charge in [-0.2, -0.15) is 0 Å². The molecule has 1 aliphatic heterocycles. The fourth-order valence-electron chi connectivity index (χ4n) is 2.24. The van der Waals surface area contributed by atoms with Crippen LogP contribution in [0.4, 0.5) is 10.5 Å². The lowest BCUT2D eigenvalue weighted by Crippen LogP contribution is -2.42. The van der Waals surface area contributed by atoms with E-state index in [1.165, 1.54) is 5.56 Å². The summed E-state index contributed by atoms with van der Waals surface area (Å²) in [5, 5.41) is 6.09. The number of nitrogens with one attached hydrogen (secondary N) is 2. The van der Waals surface area contributed by atoms with E-state index in [0.717, 1.165) is 44.3 Å². The first-order valence-electron chi connectivity index (χ1n) is 9.18. The summed E-state index contributed by atoms with van der Waals surface area (Å²) in [6.07, 6.45) is -0.419. The highest BCUT2D eigenvalue weighted by Crippen LogP contribution is 2.14. The van der Waals surface area contributed by atoms with Gasteiger partial charge in [0.15, 0.2) is 0 Å². The van der Waals surface area contributed by atoms with Crippen LogP contribution in [-0.4, -0.2) is 42.8 Å². The Morgan fingerprint density at radius 2 is 1.68 bits per heavy atom. The van der Waals surface area contributed by atoms with E-state index in [9.17, 15) is 4.79 Å². The number of amides is 1. The molecule has 25 heavy (non-hydrogen) atoms. The molecule has 1 heterocycles. The third-order valence-corrected chi connectivity index (χ3v) is 3.22. The highest BCUT2D eigenvalue weighted by Gasteiger charge is 2.16. The van der Waals surface area contributed by atoms with Crippen LogP contribution in [0.25, 0.3) is 0 Å². The molecule has 0 unspecified atom stereocenters. The van der Waals surface area contributed by atoms with Gasteiger partial charge in [-0.05, 0) is 44.4 Å². The Labute approximate surface area is 153 Å². The molecule has 2 rings (SSSR count). The van der Waals surface area contributed by atoms with Gasteiger partial charge in [-0.1, -0.05) is 32.9 Å². The number of benzene rings is 1. The van der Waals surface area contributed by atoms with Crippen LogP contribution < -0.4 is 10.6 Å². The Bertz CT molecular complexity index is 498. The molecular formula is C20H35N3O2. The lowest BCUT2D eigenvalue weighted by atomic mass is 10.2. The Morgan fingerprint density at radius 3 is 2.16 bits per heavy atom. The van der Waals surface area contributed by atoms with E-state index in [-0.39, 0.29) is 0 Å². The standard InChI is InChI=1S/C16H25N3O2.C4H10/c1-16(2,3)21-15(20)18-14-6-4-13(5-7-14)12-19-10-8-17-9-11-19;1-4(2)3/h4-7,17H,8-12H2,1-3H3,(H,18,20);4H,1-3H3. The number of carbonyl (C=O) groups is 1. The number of nitrogens with zero attached hydrogens (tertiary/aromatic N) is 1. The molecule has 0 saturated carbocycles. The highest BCUT2D eigenvalue weighted by molar-refractivity contribution is 5.84. The van der Waals surface area contributed by atoms with Crippen molar-refractivity contribution in [3.05, 3.63) is 29.8 Å². The van der Waals surface area contributed by atoms with E-state index >= 15 is 0 Å². The molecule has 0 aliphatic carbocycles. The van der Waals surface area contributed by atoms with Crippen LogP contribution in [-0.2, 0) is 11.3 Å². The van der Waals surface area contributed by atoms with Crippen molar-refractivity contribution in [2.45, 2.75) is 53.7 Å². The Morgan fingerprint density at radius 1 is 1.16 bits per heavy atom. The minimum Gasteiger partial charge on any atom is -0.444 e. The average Bonchev–Trinajstić information content (AvgIpc) is 2.48. The number of hydrogen-bond acceptors (Lipinski definition) is 4. The fraction of sp³-hybridized carbons (Fsp3) is 0.650. The van der Waals surface area contributed by atoms with E-state index in [4.69, 9.17) is 4.74 Å². The van der Waals surface area contributed by atoms with Crippen molar-refractivity contribution in [1.29, 1.82) is 0 Å². The molecule has 0 aromatic heterocycles. The molecule has 1 aromatic carbocycles. The molecule has 1 aliphatic rings. The normalized spacial score (nSPS) is 15.3. The quantitative estimate of drug-likeness (QED) is 0.862. The predicted molar refractivity (Wildman–Crippen MR) is 105 cm³/mol. The predicted octanol–water partition coefficient (Wildman–Crippen LogP) is 4.10. The third-order valence-electron chi connectivity index (χ3n) is 3.22. The van der Waals surface area contributed by atoms with Gasteiger partial charge in [-0.3, -0.25) is 10.2 Å². The number of ether oxygens (including phenoxy) is 1. The number of carbonyl (C=O) groups excluding carboxylic acids is 1. The highest BCUT2D eigenvalue weighted by atomic mass is 16.6. The second-order valence-electron chi connectivity index (χ2n) is 8.08. The largest absolute Gasteiger partial charge is 0.444 e. The maximum absolute atomic E-state index is 11.7. The smallest absolute Gasteiger partial charge is 0.412 e. The van der Waals surface area contributed by atoms with Crippen molar-refractivity contribution >= 4 is 11.8 Å². The molecule has 2 N–H and O–H groups in total. The van der Waals surface area contributed by atoms with Gasteiger partial charge in [0, 0.05) is 38.4 Å². The molecule has 1 saturated heterocycles. The van der Waals surface area contributed by atoms with Crippen molar-refractivity contribution in [2.75, 3.05) is 31.5 Å².